The lowest BCUT2D eigenvalue weighted by molar-refractivity contribution is 0.335. The summed E-state index contributed by atoms with van der Waals surface area (Å²) in [5, 5.41) is 13.3. The van der Waals surface area contributed by atoms with Crippen LogP contribution in [0.5, 0.6) is 0 Å². The number of nitrogens with one attached hydrogen (secondary N) is 1. The molecule has 1 N–H and O–H groups in total. The van der Waals surface area contributed by atoms with Crippen LogP contribution in [0.2, 0.25) is 0 Å². The molecular weight excluding hydrogens is 260 g/mol. The Balaban J connectivity index is 2.27. The summed E-state index contributed by atoms with van der Waals surface area (Å²) in [6, 6.07) is 12.6. The Morgan fingerprint density at radius 3 is 2.90 bits per heavy atom. The molecule has 0 aliphatic heterocycles. The molecule has 0 saturated heterocycles. The zero-order valence-corrected chi connectivity index (χ0v) is 12.8. The van der Waals surface area contributed by atoms with Gasteiger partial charge in [0, 0.05) is 37.0 Å². The highest BCUT2D eigenvalue weighted by molar-refractivity contribution is 5.81. The molecule has 4 heteroatoms. The molecule has 2 aromatic rings. The average molecular weight is 282 g/mol. The third-order valence-corrected chi connectivity index (χ3v) is 3.39. The Morgan fingerprint density at radius 1 is 1.33 bits per heavy atom. The molecule has 21 heavy (non-hydrogen) atoms. The standard InChI is InChI=1S/C17H22N4/c1-3-10-19-17-15(13-21(2)11-6-9-18)12-14-7-4-5-8-16(14)20-17/h4-5,7-8,12H,3,6,10-11,13H2,1-2H3,(H,19,20). The number of pyridine rings is 1. The number of nitrogens with zero attached hydrogens (tertiary/aromatic N) is 3. The van der Waals surface area contributed by atoms with Crippen LogP contribution in [0.3, 0.4) is 0 Å². The molecule has 2 rings (SSSR count). The van der Waals surface area contributed by atoms with Gasteiger partial charge in [-0.3, -0.25) is 0 Å². The first-order valence-electron chi connectivity index (χ1n) is 7.42. The van der Waals surface area contributed by atoms with Gasteiger partial charge in [0.1, 0.15) is 5.82 Å². The van der Waals surface area contributed by atoms with Crippen LogP contribution >= 0.6 is 0 Å². The summed E-state index contributed by atoms with van der Waals surface area (Å²) in [5.41, 5.74) is 2.20. The predicted molar refractivity (Wildman–Crippen MR) is 87.1 cm³/mol. The number of rotatable bonds is 7. The molecule has 0 saturated carbocycles. The maximum Gasteiger partial charge on any atom is 0.131 e. The number of hydrogen-bond acceptors (Lipinski definition) is 4. The van der Waals surface area contributed by atoms with Gasteiger partial charge in [0.25, 0.3) is 0 Å². The van der Waals surface area contributed by atoms with E-state index in [2.05, 4.69) is 35.3 Å². The topological polar surface area (TPSA) is 52.0 Å². The van der Waals surface area contributed by atoms with Gasteiger partial charge in [-0.1, -0.05) is 25.1 Å². The van der Waals surface area contributed by atoms with Crippen LogP contribution in [0.15, 0.2) is 30.3 Å². The van der Waals surface area contributed by atoms with E-state index in [1.807, 2.05) is 25.2 Å². The van der Waals surface area contributed by atoms with Crippen molar-refractivity contribution in [1.82, 2.24) is 9.88 Å². The van der Waals surface area contributed by atoms with E-state index in [9.17, 15) is 0 Å². The number of anilines is 1. The van der Waals surface area contributed by atoms with Gasteiger partial charge >= 0.3 is 0 Å². The molecule has 0 atom stereocenters. The second-order valence-electron chi connectivity index (χ2n) is 5.26. The van der Waals surface area contributed by atoms with Crippen molar-refractivity contribution in [2.45, 2.75) is 26.3 Å². The Hall–Kier alpha value is -2.12. The summed E-state index contributed by atoms with van der Waals surface area (Å²) in [4.78, 5) is 6.90. The van der Waals surface area contributed by atoms with E-state index >= 15 is 0 Å². The number of para-hydroxylation sites is 1. The minimum absolute atomic E-state index is 0.551. The lowest BCUT2D eigenvalue weighted by Crippen LogP contribution is -2.20. The second kappa shape index (κ2) is 7.61. The Labute approximate surface area is 126 Å². The van der Waals surface area contributed by atoms with Crippen molar-refractivity contribution < 1.29 is 0 Å². The predicted octanol–water partition coefficient (Wildman–Crippen LogP) is 3.40. The van der Waals surface area contributed by atoms with Gasteiger partial charge in [-0.15, -0.1) is 0 Å². The van der Waals surface area contributed by atoms with Crippen LogP contribution in [-0.4, -0.2) is 30.0 Å². The van der Waals surface area contributed by atoms with Crippen molar-refractivity contribution in [2.24, 2.45) is 0 Å². The summed E-state index contributed by atoms with van der Waals surface area (Å²) in [7, 11) is 2.04. The van der Waals surface area contributed by atoms with Gasteiger partial charge in [-0.25, -0.2) is 4.98 Å². The maximum absolute atomic E-state index is 8.69. The summed E-state index contributed by atoms with van der Waals surface area (Å²) in [5.74, 6) is 0.958. The first-order chi connectivity index (χ1) is 10.2. The largest absolute Gasteiger partial charge is 0.370 e. The molecule has 0 radical (unpaired) electrons. The molecule has 4 nitrogen and oxygen atoms in total. The fourth-order valence-corrected chi connectivity index (χ4v) is 2.29. The number of hydrogen-bond donors (Lipinski definition) is 1. The molecule has 110 valence electrons. The number of fused-ring (bicyclic) bond motifs is 1. The molecule has 0 aliphatic carbocycles. The molecular formula is C17H22N4. The fraction of sp³-hybridized carbons (Fsp3) is 0.412. The van der Waals surface area contributed by atoms with E-state index in [0.29, 0.717) is 6.42 Å². The quantitative estimate of drug-likeness (QED) is 0.845. The smallest absolute Gasteiger partial charge is 0.131 e. The van der Waals surface area contributed by atoms with E-state index < -0.39 is 0 Å². The molecule has 0 amide bonds. The fourth-order valence-electron chi connectivity index (χ4n) is 2.29. The minimum atomic E-state index is 0.551. The monoisotopic (exact) mass is 282 g/mol. The van der Waals surface area contributed by atoms with Crippen LogP contribution < -0.4 is 5.32 Å². The Morgan fingerprint density at radius 2 is 2.14 bits per heavy atom. The normalized spacial score (nSPS) is 10.8. The van der Waals surface area contributed by atoms with Crippen molar-refractivity contribution in [3.8, 4) is 6.07 Å². The van der Waals surface area contributed by atoms with E-state index in [1.165, 1.54) is 5.56 Å². The lowest BCUT2D eigenvalue weighted by Gasteiger charge is -2.18. The first-order valence-corrected chi connectivity index (χ1v) is 7.42. The molecule has 0 fully saturated rings. The third-order valence-electron chi connectivity index (χ3n) is 3.39. The van der Waals surface area contributed by atoms with Crippen molar-refractivity contribution >= 4 is 16.7 Å². The van der Waals surface area contributed by atoms with Crippen LogP contribution in [0.1, 0.15) is 25.3 Å². The van der Waals surface area contributed by atoms with E-state index in [-0.39, 0.29) is 0 Å². The third kappa shape index (κ3) is 4.17. The van der Waals surface area contributed by atoms with Crippen LogP contribution in [0, 0.1) is 11.3 Å². The van der Waals surface area contributed by atoms with E-state index in [1.54, 1.807) is 0 Å². The van der Waals surface area contributed by atoms with Gasteiger partial charge < -0.3 is 10.2 Å². The highest BCUT2D eigenvalue weighted by Crippen LogP contribution is 2.21. The van der Waals surface area contributed by atoms with E-state index in [4.69, 9.17) is 10.2 Å². The Kier molecular flexibility index (Phi) is 5.53. The summed E-state index contributed by atoms with van der Waals surface area (Å²) in [6.45, 7) is 4.63. The lowest BCUT2D eigenvalue weighted by atomic mass is 10.1. The minimum Gasteiger partial charge on any atom is -0.370 e. The average Bonchev–Trinajstić information content (AvgIpc) is 2.50. The van der Waals surface area contributed by atoms with Crippen LogP contribution in [0.4, 0.5) is 5.82 Å². The molecule has 1 aromatic heterocycles. The van der Waals surface area contributed by atoms with Crippen molar-refractivity contribution in [1.29, 1.82) is 5.26 Å². The Bertz CT molecular complexity index is 630. The molecule has 0 bridgehead atoms. The van der Waals surface area contributed by atoms with E-state index in [0.717, 1.165) is 42.8 Å². The molecule has 1 heterocycles. The van der Waals surface area contributed by atoms with Crippen molar-refractivity contribution in [3.63, 3.8) is 0 Å². The zero-order valence-electron chi connectivity index (χ0n) is 12.8. The maximum atomic E-state index is 8.69. The van der Waals surface area contributed by atoms with Gasteiger partial charge in [-0.05, 0) is 25.6 Å². The second-order valence-corrected chi connectivity index (χ2v) is 5.26. The van der Waals surface area contributed by atoms with Crippen molar-refractivity contribution in [3.05, 3.63) is 35.9 Å². The first kappa shape index (κ1) is 15.3. The van der Waals surface area contributed by atoms with Gasteiger partial charge in [-0.2, -0.15) is 5.26 Å². The highest BCUT2D eigenvalue weighted by atomic mass is 15.1. The summed E-state index contributed by atoms with van der Waals surface area (Å²) < 4.78 is 0. The summed E-state index contributed by atoms with van der Waals surface area (Å²) >= 11 is 0. The molecule has 0 aliphatic rings. The molecule has 1 aromatic carbocycles. The van der Waals surface area contributed by atoms with Crippen LogP contribution in [0.25, 0.3) is 10.9 Å². The van der Waals surface area contributed by atoms with Gasteiger partial charge in [0.05, 0.1) is 11.6 Å². The number of aromatic nitrogens is 1. The SMILES string of the molecule is CCCNc1nc2ccccc2cc1CN(C)CCC#N. The number of benzene rings is 1. The van der Waals surface area contributed by atoms with Crippen LogP contribution in [-0.2, 0) is 6.54 Å². The number of nitriles is 1. The van der Waals surface area contributed by atoms with Gasteiger partial charge in [0.2, 0.25) is 0 Å². The van der Waals surface area contributed by atoms with Crippen molar-refractivity contribution in [2.75, 3.05) is 25.5 Å². The highest BCUT2D eigenvalue weighted by Gasteiger charge is 2.09. The zero-order chi connectivity index (χ0) is 15.1. The van der Waals surface area contributed by atoms with Gasteiger partial charge in [0.15, 0.2) is 0 Å². The molecule has 0 unspecified atom stereocenters. The summed E-state index contributed by atoms with van der Waals surface area (Å²) in [6.07, 6.45) is 1.62. The molecule has 0 spiro atoms.